The molecule has 1 rings (SSSR count). The average molecular weight is 331 g/mol. The Balaban J connectivity index is 2.97. The van der Waals surface area contributed by atoms with Crippen molar-refractivity contribution in [2.24, 2.45) is 5.73 Å². The van der Waals surface area contributed by atoms with E-state index in [1.807, 2.05) is 0 Å². The average Bonchev–Trinajstić information content (AvgIpc) is 2.33. The Kier molecular flexibility index (Phi) is 5.78. The van der Waals surface area contributed by atoms with Crippen LogP contribution in [0.5, 0.6) is 0 Å². The maximum atomic E-state index is 11.3. The number of rotatable bonds is 7. The van der Waals surface area contributed by atoms with Crippen molar-refractivity contribution in [1.29, 1.82) is 0 Å². The number of ether oxygens (including phenoxy) is 1. The number of methoxy groups -OCH3 is 1. The number of carbonyl (C=O) groups is 2. The molecule has 0 saturated carbocycles. The number of hydrogen-bond donors (Lipinski definition) is 3. The van der Waals surface area contributed by atoms with Crippen LogP contribution in [-0.2, 0) is 9.53 Å². The van der Waals surface area contributed by atoms with Crippen molar-refractivity contribution in [2.75, 3.05) is 19.0 Å². The first-order valence-electron chi connectivity index (χ1n) is 5.53. The second kappa shape index (κ2) is 7.10. The number of carboxylic acid groups (broad SMARTS) is 1. The molecule has 0 fully saturated rings. The lowest BCUT2D eigenvalue weighted by Gasteiger charge is -2.17. The van der Waals surface area contributed by atoms with Crippen LogP contribution in [0.15, 0.2) is 22.7 Å². The van der Waals surface area contributed by atoms with Gasteiger partial charge in [-0.15, -0.1) is 0 Å². The second-order valence-corrected chi connectivity index (χ2v) is 4.79. The van der Waals surface area contributed by atoms with Crippen LogP contribution in [-0.4, -0.2) is 36.7 Å². The minimum absolute atomic E-state index is 0.242. The lowest BCUT2D eigenvalue weighted by molar-refractivity contribution is -0.138. The van der Waals surface area contributed by atoms with E-state index < -0.39 is 17.9 Å². The highest BCUT2D eigenvalue weighted by atomic mass is 79.9. The fourth-order valence-electron chi connectivity index (χ4n) is 1.53. The van der Waals surface area contributed by atoms with E-state index in [1.54, 1.807) is 12.1 Å². The third kappa shape index (κ3) is 4.53. The topological polar surface area (TPSA) is 102 Å². The van der Waals surface area contributed by atoms with E-state index in [-0.39, 0.29) is 12.0 Å². The van der Waals surface area contributed by atoms with Crippen molar-refractivity contribution in [3.05, 3.63) is 28.2 Å². The summed E-state index contributed by atoms with van der Waals surface area (Å²) in [5, 5.41) is 11.9. The van der Waals surface area contributed by atoms with Gasteiger partial charge in [0.2, 0.25) is 0 Å². The largest absolute Gasteiger partial charge is 0.480 e. The van der Waals surface area contributed by atoms with Gasteiger partial charge >= 0.3 is 5.97 Å². The van der Waals surface area contributed by atoms with Gasteiger partial charge in [-0.25, -0.2) is 4.79 Å². The van der Waals surface area contributed by atoms with Gasteiger partial charge in [-0.05, 0) is 18.2 Å². The Morgan fingerprint density at radius 1 is 1.53 bits per heavy atom. The Hall–Kier alpha value is -1.60. The van der Waals surface area contributed by atoms with Crippen LogP contribution in [0.25, 0.3) is 0 Å². The van der Waals surface area contributed by atoms with E-state index in [0.29, 0.717) is 12.3 Å². The van der Waals surface area contributed by atoms with E-state index >= 15 is 0 Å². The number of carbonyl (C=O) groups excluding carboxylic acids is 1. The van der Waals surface area contributed by atoms with Crippen molar-refractivity contribution in [3.8, 4) is 0 Å². The highest BCUT2D eigenvalue weighted by molar-refractivity contribution is 9.10. The fraction of sp³-hybridized carbons (Fsp3) is 0.333. The first kappa shape index (κ1) is 15.5. The van der Waals surface area contributed by atoms with Gasteiger partial charge in [0.1, 0.15) is 6.04 Å². The van der Waals surface area contributed by atoms with E-state index in [2.05, 4.69) is 21.2 Å². The smallest absolute Gasteiger partial charge is 0.326 e. The number of amides is 1. The highest BCUT2D eigenvalue weighted by Crippen LogP contribution is 2.22. The van der Waals surface area contributed by atoms with Crippen molar-refractivity contribution in [3.63, 3.8) is 0 Å². The second-order valence-electron chi connectivity index (χ2n) is 3.87. The van der Waals surface area contributed by atoms with Crippen molar-refractivity contribution >= 4 is 33.5 Å². The predicted molar refractivity (Wildman–Crippen MR) is 74.2 cm³/mol. The number of carboxylic acids is 1. The molecule has 1 aromatic carbocycles. The van der Waals surface area contributed by atoms with Crippen LogP contribution in [0.1, 0.15) is 16.8 Å². The maximum absolute atomic E-state index is 11.3. The first-order chi connectivity index (χ1) is 8.95. The molecule has 6 nitrogen and oxygen atoms in total. The van der Waals surface area contributed by atoms with Gasteiger partial charge in [0, 0.05) is 30.3 Å². The summed E-state index contributed by atoms with van der Waals surface area (Å²) in [7, 11) is 1.49. The molecular weight excluding hydrogens is 316 g/mol. The molecule has 104 valence electrons. The number of halogens is 1. The van der Waals surface area contributed by atoms with Crippen LogP contribution in [0.2, 0.25) is 0 Å². The summed E-state index contributed by atoms with van der Waals surface area (Å²) >= 11 is 3.26. The predicted octanol–water partition coefficient (Wildman–Crippen LogP) is 1.45. The molecule has 0 spiro atoms. The van der Waals surface area contributed by atoms with E-state index in [4.69, 9.17) is 15.6 Å². The molecule has 0 aliphatic carbocycles. The molecule has 4 N–H and O–H groups in total. The molecule has 0 radical (unpaired) electrons. The van der Waals surface area contributed by atoms with Crippen molar-refractivity contribution < 1.29 is 19.4 Å². The molecule has 0 saturated heterocycles. The van der Waals surface area contributed by atoms with Gasteiger partial charge in [0.15, 0.2) is 0 Å². The van der Waals surface area contributed by atoms with Gasteiger partial charge < -0.3 is 20.9 Å². The lowest BCUT2D eigenvalue weighted by atomic mass is 10.1. The molecule has 0 aromatic heterocycles. The molecule has 0 aliphatic heterocycles. The summed E-state index contributed by atoms with van der Waals surface area (Å²) < 4.78 is 5.58. The Morgan fingerprint density at radius 2 is 2.21 bits per heavy atom. The van der Waals surface area contributed by atoms with E-state index in [0.717, 1.165) is 4.47 Å². The van der Waals surface area contributed by atoms with Crippen molar-refractivity contribution in [2.45, 2.75) is 12.5 Å². The van der Waals surface area contributed by atoms with E-state index in [9.17, 15) is 9.59 Å². The molecule has 1 atom stereocenters. The number of primary amides is 1. The summed E-state index contributed by atoms with van der Waals surface area (Å²) in [6, 6.07) is 3.95. The Morgan fingerprint density at radius 3 is 2.74 bits per heavy atom. The molecule has 1 aromatic rings. The fourth-order valence-corrected chi connectivity index (χ4v) is 1.89. The number of nitrogens with two attached hydrogens (primary N) is 1. The molecule has 0 aliphatic rings. The molecule has 1 unspecified atom stereocenters. The van der Waals surface area contributed by atoms with Gasteiger partial charge in [0.05, 0.1) is 5.56 Å². The number of benzene rings is 1. The zero-order valence-corrected chi connectivity index (χ0v) is 11.9. The molecule has 0 bridgehead atoms. The summed E-state index contributed by atoms with van der Waals surface area (Å²) in [5.74, 6) is -1.64. The number of aliphatic carboxylic acids is 1. The number of hydrogen-bond acceptors (Lipinski definition) is 4. The summed E-state index contributed by atoms with van der Waals surface area (Å²) in [6.45, 7) is 0.296. The minimum Gasteiger partial charge on any atom is -0.480 e. The highest BCUT2D eigenvalue weighted by Gasteiger charge is 2.19. The normalized spacial score (nSPS) is 11.9. The molecule has 0 heterocycles. The quantitative estimate of drug-likeness (QED) is 0.702. The van der Waals surface area contributed by atoms with Gasteiger partial charge in [-0.1, -0.05) is 15.9 Å². The summed E-state index contributed by atoms with van der Waals surface area (Å²) in [6.07, 6.45) is 0.274. The lowest BCUT2D eigenvalue weighted by Crippen LogP contribution is -2.31. The summed E-state index contributed by atoms with van der Waals surface area (Å²) in [5.41, 5.74) is 5.87. The maximum Gasteiger partial charge on any atom is 0.326 e. The van der Waals surface area contributed by atoms with Gasteiger partial charge in [-0.2, -0.15) is 0 Å². The van der Waals surface area contributed by atoms with Gasteiger partial charge in [0.25, 0.3) is 5.91 Å². The zero-order valence-electron chi connectivity index (χ0n) is 10.4. The third-order valence-electron chi connectivity index (χ3n) is 2.49. The van der Waals surface area contributed by atoms with Crippen LogP contribution in [0.4, 0.5) is 5.69 Å². The zero-order chi connectivity index (χ0) is 14.4. The summed E-state index contributed by atoms with van der Waals surface area (Å²) in [4.78, 5) is 22.4. The first-order valence-corrected chi connectivity index (χ1v) is 6.32. The Labute approximate surface area is 119 Å². The number of nitrogens with one attached hydrogen (secondary N) is 1. The SMILES string of the molecule is COCCC(Nc1cc(Br)ccc1C(N)=O)C(=O)O. The molecule has 7 heteroatoms. The minimum atomic E-state index is -1.02. The van der Waals surface area contributed by atoms with Crippen LogP contribution in [0, 0.1) is 0 Å². The van der Waals surface area contributed by atoms with Gasteiger partial charge in [-0.3, -0.25) is 4.79 Å². The van der Waals surface area contributed by atoms with Crippen molar-refractivity contribution in [1.82, 2.24) is 0 Å². The third-order valence-corrected chi connectivity index (χ3v) is 2.98. The standard InChI is InChI=1S/C12H15BrN2O4/c1-19-5-4-9(12(17)18)15-10-6-7(13)2-3-8(10)11(14)16/h2-3,6,9,15H,4-5H2,1H3,(H2,14,16)(H,17,18). The molecular formula is C12H15BrN2O4. The Bertz CT molecular complexity index is 479. The van der Waals surface area contributed by atoms with Crippen LogP contribution in [0.3, 0.4) is 0 Å². The molecule has 1 amide bonds. The number of anilines is 1. The van der Waals surface area contributed by atoms with E-state index in [1.165, 1.54) is 13.2 Å². The molecule has 19 heavy (non-hydrogen) atoms. The van der Waals surface area contributed by atoms with Crippen LogP contribution >= 0.6 is 15.9 Å². The van der Waals surface area contributed by atoms with Crippen LogP contribution < -0.4 is 11.1 Å². The monoisotopic (exact) mass is 330 g/mol.